The predicted molar refractivity (Wildman–Crippen MR) is 102 cm³/mol. The van der Waals surface area contributed by atoms with Gasteiger partial charge in [0.05, 0.1) is 5.56 Å². The molecule has 1 saturated heterocycles. The van der Waals surface area contributed by atoms with Gasteiger partial charge >= 0.3 is 11.9 Å². The van der Waals surface area contributed by atoms with Gasteiger partial charge in [-0.05, 0) is 68.5 Å². The molecule has 1 fully saturated rings. The Morgan fingerprint density at radius 2 is 1.89 bits per heavy atom. The molecule has 0 radical (unpaired) electrons. The third-order valence-electron chi connectivity index (χ3n) is 5.71. The Kier molecular flexibility index (Phi) is 4.14. The summed E-state index contributed by atoms with van der Waals surface area (Å²) in [5, 5.41) is 0. The second kappa shape index (κ2) is 6.38. The van der Waals surface area contributed by atoms with Gasteiger partial charge < -0.3 is 9.47 Å². The molecule has 1 heterocycles. The summed E-state index contributed by atoms with van der Waals surface area (Å²) in [5.74, 6) is -0.188. The molecule has 0 spiro atoms. The molecule has 0 unspecified atom stereocenters. The minimum Gasteiger partial charge on any atom is -0.453 e. The second-order valence-corrected chi connectivity index (χ2v) is 7.46. The normalized spacial score (nSPS) is 20.7. The van der Waals surface area contributed by atoms with Crippen molar-refractivity contribution in [2.75, 3.05) is 0 Å². The average molecular weight is 362 g/mol. The van der Waals surface area contributed by atoms with Crippen LogP contribution in [-0.4, -0.2) is 11.9 Å². The summed E-state index contributed by atoms with van der Waals surface area (Å²) in [5.41, 5.74) is 6.21. The summed E-state index contributed by atoms with van der Waals surface area (Å²) in [6.45, 7) is 9.80. The molecule has 0 aromatic heterocycles. The molecule has 138 valence electrons. The fourth-order valence-electron chi connectivity index (χ4n) is 4.13. The van der Waals surface area contributed by atoms with Crippen molar-refractivity contribution in [1.82, 2.24) is 0 Å². The number of benzene rings is 2. The first-order chi connectivity index (χ1) is 12.9. The third kappa shape index (κ3) is 2.85. The summed E-state index contributed by atoms with van der Waals surface area (Å²) in [6, 6.07) is 9.20. The van der Waals surface area contributed by atoms with E-state index in [1.807, 2.05) is 39.0 Å². The maximum absolute atomic E-state index is 12.6. The molecule has 4 nitrogen and oxygen atoms in total. The van der Waals surface area contributed by atoms with E-state index in [1.54, 1.807) is 12.1 Å². The molecule has 4 rings (SSSR count). The van der Waals surface area contributed by atoms with Crippen LogP contribution in [0.5, 0.6) is 5.75 Å². The molecule has 0 N–H and O–H groups in total. The first-order valence-electron chi connectivity index (χ1n) is 9.18. The van der Waals surface area contributed by atoms with Crippen molar-refractivity contribution < 1.29 is 19.1 Å². The number of carbonyl (C=O) groups is 2. The zero-order valence-corrected chi connectivity index (χ0v) is 15.8. The molecular weight excluding hydrogens is 340 g/mol. The van der Waals surface area contributed by atoms with Gasteiger partial charge in [-0.2, -0.15) is 0 Å². The van der Waals surface area contributed by atoms with Crippen LogP contribution in [0.2, 0.25) is 0 Å². The first kappa shape index (κ1) is 17.5. The van der Waals surface area contributed by atoms with Gasteiger partial charge in [-0.15, -0.1) is 0 Å². The number of hydrogen-bond acceptors (Lipinski definition) is 4. The second-order valence-electron chi connectivity index (χ2n) is 7.46. The van der Waals surface area contributed by atoms with Gasteiger partial charge in [0.1, 0.15) is 11.9 Å². The fraction of sp³-hybridized carbons (Fsp3) is 0.304. The van der Waals surface area contributed by atoms with Gasteiger partial charge in [0.2, 0.25) is 0 Å². The first-order valence-corrected chi connectivity index (χ1v) is 9.18. The molecule has 0 bridgehead atoms. The van der Waals surface area contributed by atoms with Gasteiger partial charge in [0.15, 0.2) is 0 Å². The van der Waals surface area contributed by atoms with Crippen LogP contribution in [0.15, 0.2) is 42.5 Å². The van der Waals surface area contributed by atoms with E-state index in [1.165, 1.54) is 5.56 Å². The van der Waals surface area contributed by atoms with Crippen LogP contribution < -0.4 is 4.74 Å². The molecule has 2 aliphatic rings. The number of ether oxygens (including phenoxy) is 2. The summed E-state index contributed by atoms with van der Waals surface area (Å²) in [6.07, 6.45) is 1.39. The molecule has 2 aromatic rings. The van der Waals surface area contributed by atoms with Crippen LogP contribution >= 0.6 is 0 Å². The SMILES string of the molecule is C=C1C(=O)O[C@H]2c3c(C)c(OC(=O)c4ccc(C)cc4)cc(C)c3CC[C@@H]12. The number of aryl methyl sites for hydroxylation is 2. The van der Waals surface area contributed by atoms with Crippen molar-refractivity contribution in [2.24, 2.45) is 5.92 Å². The number of esters is 2. The average Bonchev–Trinajstić information content (AvgIpc) is 2.94. The lowest BCUT2D eigenvalue weighted by Crippen LogP contribution is -2.21. The lowest BCUT2D eigenvalue weighted by molar-refractivity contribution is -0.139. The predicted octanol–water partition coefficient (Wildman–Crippen LogP) is 4.55. The van der Waals surface area contributed by atoms with Crippen molar-refractivity contribution in [3.8, 4) is 5.75 Å². The standard InChI is InChI=1S/C23H22O4/c1-12-5-7-16(8-6-12)23(25)26-19-11-13(2)17-9-10-18-14(3)22(24)27-21(18)20(17)15(19)4/h5-8,11,18,21H,3,9-10H2,1-2,4H3/t18-,21+/m0/s1. The quantitative estimate of drug-likeness (QED) is 0.447. The van der Waals surface area contributed by atoms with E-state index in [9.17, 15) is 9.59 Å². The highest BCUT2D eigenvalue weighted by atomic mass is 16.6. The molecule has 0 amide bonds. The lowest BCUT2D eigenvalue weighted by Gasteiger charge is -2.30. The molecular formula is C23H22O4. The van der Waals surface area contributed by atoms with Crippen molar-refractivity contribution in [3.05, 3.63) is 75.9 Å². The molecule has 4 heteroatoms. The highest BCUT2D eigenvalue weighted by Gasteiger charge is 2.44. The van der Waals surface area contributed by atoms with E-state index in [-0.39, 0.29) is 18.0 Å². The van der Waals surface area contributed by atoms with E-state index in [0.717, 1.165) is 35.1 Å². The van der Waals surface area contributed by atoms with E-state index < -0.39 is 5.97 Å². The molecule has 2 atom stereocenters. The summed E-state index contributed by atoms with van der Waals surface area (Å²) in [7, 11) is 0. The van der Waals surface area contributed by atoms with Crippen LogP contribution in [0.1, 0.15) is 50.7 Å². The molecule has 2 aromatic carbocycles. The minimum absolute atomic E-state index is 0.00569. The maximum Gasteiger partial charge on any atom is 0.343 e. The monoisotopic (exact) mass is 362 g/mol. The van der Waals surface area contributed by atoms with Gasteiger partial charge in [-0.25, -0.2) is 9.59 Å². The highest BCUT2D eigenvalue weighted by Crippen LogP contribution is 2.49. The summed E-state index contributed by atoms with van der Waals surface area (Å²) >= 11 is 0. The number of fused-ring (bicyclic) bond motifs is 3. The van der Waals surface area contributed by atoms with Crippen LogP contribution in [0.4, 0.5) is 0 Å². The van der Waals surface area contributed by atoms with E-state index in [2.05, 4.69) is 6.58 Å². The van der Waals surface area contributed by atoms with E-state index >= 15 is 0 Å². The van der Waals surface area contributed by atoms with E-state index in [4.69, 9.17) is 9.47 Å². The number of carbonyl (C=O) groups excluding carboxylic acids is 2. The highest BCUT2D eigenvalue weighted by molar-refractivity contribution is 5.92. The van der Waals surface area contributed by atoms with Crippen LogP contribution in [0.25, 0.3) is 0 Å². The largest absolute Gasteiger partial charge is 0.453 e. The van der Waals surface area contributed by atoms with Gasteiger partial charge in [0, 0.05) is 17.1 Å². The van der Waals surface area contributed by atoms with Gasteiger partial charge in [0.25, 0.3) is 0 Å². The Bertz CT molecular complexity index is 969. The summed E-state index contributed by atoms with van der Waals surface area (Å²) in [4.78, 5) is 24.6. The Morgan fingerprint density at radius 1 is 1.19 bits per heavy atom. The fourth-order valence-corrected chi connectivity index (χ4v) is 4.13. The minimum atomic E-state index is -0.391. The van der Waals surface area contributed by atoms with Crippen molar-refractivity contribution >= 4 is 11.9 Å². The van der Waals surface area contributed by atoms with Gasteiger partial charge in [-0.1, -0.05) is 24.3 Å². The zero-order valence-electron chi connectivity index (χ0n) is 15.8. The van der Waals surface area contributed by atoms with Crippen molar-refractivity contribution in [1.29, 1.82) is 0 Å². The third-order valence-corrected chi connectivity index (χ3v) is 5.71. The van der Waals surface area contributed by atoms with Gasteiger partial charge in [-0.3, -0.25) is 0 Å². The Hall–Kier alpha value is -2.88. The molecule has 27 heavy (non-hydrogen) atoms. The Morgan fingerprint density at radius 3 is 2.59 bits per heavy atom. The number of rotatable bonds is 2. The maximum atomic E-state index is 12.6. The Balaban J connectivity index is 1.72. The summed E-state index contributed by atoms with van der Waals surface area (Å²) < 4.78 is 11.3. The lowest BCUT2D eigenvalue weighted by atomic mass is 9.76. The van der Waals surface area contributed by atoms with Crippen LogP contribution in [-0.2, 0) is 16.0 Å². The molecule has 0 saturated carbocycles. The smallest absolute Gasteiger partial charge is 0.343 e. The van der Waals surface area contributed by atoms with Crippen molar-refractivity contribution in [2.45, 2.75) is 39.7 Å². The molecule has 1 aliphatic heterocycles. The Labute approximate surface area is 158 Å². The molecule has 1 aliphatic carbocycles. The van der Waals surface area contributed by atoms with Crippen LogP contribution in [0.3, 0.4) is 0 Å². The topological polar surface area (TPSA) is 52.6 Å². The number of hydrogen-bond donors (Lipinski definition) is 0. The van der Waals surface area contributed by atoms with Crippen LogP contribution in [0, 0.1) is 26.7 Å². The van der Waals surface area contributed by atoms with E-state index in [0.29, 0.717) is 16.9 Å². The van der Waals surface area contributed by atoms with Crippen molar-refractivity contribution in [3.63, 3.8) is 0 Å². The zero-order chi connectivity index (χ0) is 19.3.